The lowest BCUT2D eigenvalue weighted by atomic mass is 10.3. The Morgan fingerprint density at radius 3 is 3.18 bits per heavy atom. The predicted octanol–water partition coefficient (Wildman–Crippen LogP) is 0.551. The number of pyridine rings is 1. The molecule has 0 aliphatic carbocycles. The molecule has 0 aliphatic heterocycles. The highest BCUT2D eigenvalue weighted by molar-refractivity contribution is 5.76. The second-order valence-electron chi connectivity index (χ2n) is 2.48. The molecular formula is C7H8N4. The molecule has 0 saturated carbocycles. The third kappa shape index (κ3) is 0.920. The number of hydrogen-bond acceptors (Lipinski definition) is 3. The van der Waals surface area contributed by atoms with Crippen molar-refractivity contribution in [2.45, 2.75) is 0 Å². The molecule has 4 heteroatoms. The average molecular weight is 148 g/mol. The number of aromatic nitrogens is 3. The summed E-state index contributed by atoms with van der Waals surface area (Å²) >= 11 is 0. The lowest BCUT2D eigenvalue weighted by Crippen LogP contribution is -1.87. The SMILES string of the molecule is Cn1cc2cc(N)cnc2n1. The molecule has 2 aromatic rings. The Morgan fingerprint density at radius 2 is 2.36 bits per heavy atom. The van der Waals surface area contributed by atoms with Crippen LogP contribution in [0.15, 0.2) is 18.5 Å². The van der Waals surface area contributed by atoms with Crippen LogP contribution in [-0.4, -0.2) is 14.8 Å². The summed E-state index contributed by atoms with van der Waals surface area (Å²) < 4.78 is 1.72. The first-order valence-electron chi connectivity index (χ1n) is 3.30. The second kappa shape index (κ2) is 1.95. The Morgan fingerprint density at radius 1 is 1.55 bits per heavy atom. The molecular weight excluding hydrogens is 140 g/mol. The van der Waals surface area contributed by atoms with Gasteiger partial charge in [-0.25, -0.2) is 4.98 Å². The van der Waals surface area contributed by atoms with Crippen LogP contribution in [0.2, 0.25) is 0 Å². The van der Waals surface area contributed by atoms with E-state index < -0.39 is 0 Å². The first-order valence-corrected chi connectivity index (χ1v) is 3.30. The van der Waals surface area contributed by atoms with Gasteiger partial charge in [0.05, 0.1) is 11.9 Å². The van der Waals surface area contributed by atoms with E-state index in [9.17, 15) is 0 Å². The number of anilines is 1. The van der Waals surface area contributed by atoms with Crippen molar-refractivity contribution >= 4 is 16.7 Å². The number of nitrogen functional groups attached to an aromatic ring is 1. The predicted molar refractivity (Wildman–Crippen MR) is 42.9 cm³/mol. The van der Waals surface area contributed by atoms with Gasteiger partial charge < -0.3 is 5.73 Å². The Kier molecular flexibility index (Phi) is 1.09. The minimum Gasteiger partial charge on any atom is -0.397 e. The fourth-order valence-electron chi connectivity index (χ4n) is 1.05. The quantitative estimate of drug-likeness (QED) is 0.593. The highest BCUT2D eigenvalue weighted by atomic mass is 15.3. The van der Waals surface area contributed by atoms with Crippen LogP contribution < -0.4 is 5.73 Å². The molecule has 11 heavy (non-hydrogen) atoms. The van der Waals surface area contributed by atoms with Crippen molar-refractivity contribution in [3.63, 3.8) is 0 Å². The van der Waals surface area contributed by atoms with Crippen LogP contribution in [0.5, 0.6) is 0 Å². The Bertz CT molecular complexity index is 390. The van der Waals surface area contributed by atoms with Gasteiger partial charge in [0, 0.05) is 18.6 Å². The van der Waals surface area contributed by atoms with Gasteiger partial charge in [0.2, 0.25) is 0 Å². The summed E-state index contributed by atoms with van der Waals surface area (Å²) in [6.45, 7) is 0. The topological polar surface area (TPSA) is 56.7 Å². The average Bonchev–Trinajstić information content (AvgIpc) is 2.27. The van der Waals surface area contributed by atoms with Crippen LogP contribution in [0.3, 0.4) is 0 Å². The summed E-state index contributed by atoms with van der Waals surface area (Å²) in [5.74, 6) is 0. The van der Waals surface area contributed by atoms with Crippen molar-refractivity contribution in [2.75, 3.05) is 5.73 Å². The molecule has 2 aromatic heterocycles. The van der Waals surface area contributed by atoms with Crippen molar-refractivity contribution in [2.24, 2.45) is 7.05 Å². The standard InChI is InChI=1S/C7H8N4/c1-11-4-5-2-6(8)3-9-7(5)10-11/h2-4H,8H2,1H3. The fourth-order valence-corrected chi connectivity index (χ4v) is 1.05. The normalized spacial score (nSPS) is 10.6. The van der Waals surface area contributed by atoms with E-state index in [0.29, 0.717) is 5.69 Å². The molecule has 4 nitrogen and oxygen atoms in total. The monoisotopic (exact) mass is 148 g/mol. The molecule has 56 valence electrons. The zero-order valence-corrected chi connectivity index (χ0v) is 6.15. The maximum atomic E-state index is 5.53. The van der Waals surface area contributed by atoms with Gasteiger partial charge in [-0.3, -0.25) is 4.68 Å². The van der Waals surface area contributed by atoms with Gasteiger partial charge in [0.25, 0.3) is 0 Å². The summed E-state index contributed by atoms with van der Waals surface area (Å²) in [6, 6.07) is 1.86. The molecule has 0 saturated heterocycles. The van der Waals surface area contributed by atoms with Gasteiger partial charge in [0.15, 0.2) is 5.65 Å². The van der Waals surface area contributed by atoms with E-state index in [1.54, 1.807) is 10.9 Å². The number of rotatable bonds is 0. The van der Waals surface area contributed by atoms with Crippen molar-refractivity contribution in [3.8, 4) is 0 Å². The van der Waals surface area contributed by atoms with Crippen molar-refractivity contribution < 1.29 is 0 Å². The summed E-state index contributed by atoms with van der Waals surface area (Å²) in [5.41, 5.74) is 6.94. The number of hydrogen-bond donors (Lipinski definition) is 1. The smallest absolute Gasteiger partial charge is 0.181 e. The van der Waals surface area contributed by atoms with Gasteiger partial charge in [-0.05, 0) is 6.07 Å². The first kappa shape index (κ1) is 6.15. The van der Waals surface area contributed by atoms with Crippen LogP contribution in [-0.2, 0) is 7.05 Å². The van der Waals surface area contributed by atoms with Crippen LogP contribution in [0.4, 0.5) is 5.69 Å². The first-order chi connectivity index (χ1) is 5.25. The fraction of sp³-hybridized carbons (Fsp3) is 0.143. The van der Waals surface area contributed by atoms with Crippen molar-refractivity contribution in [1.82, 2.24) is 14.8 Å². The molecule has 0 bridgehead atoms. The van der Waals surface area contributed by atoms with Gasteiger partial charge in [-0.15, -0.1) is 0 Å². The maximum Gasteiger partial charge on any atom is 0.181 e. The molecule has 0 amide bonds. The zero-order chi connectivity index (χ0) is 7.84. The minimum absolute atomic E-state index is 0.672. The Labute approximate surface area is 63.6 Å². The number of nitrogens with two attached hydrogens (primary N) is 1. The lowest BCUT2D eigenvalue weighted by Gasteiger charge is -1.88. The van der Waals surface area contributed by atoms with Crippen LogP contribution in [0.25, 0.3) is 11.0 Å². The van der Waals surface area contributed by atoms with E-state index in [2.05, 4.69) is 10.1 Å². The zero-order valence-electron chi connectivity index (χ0n) is 6.15. The molecule has 0 fully saturated rings. The van der Waals surface area contributed by atoms with Gasteiger partial charge >= 0.3 is 0 Å². The number of fused-ring (bicyclic) bond motifs is 1. The molecule has 2 N–H and O–H groups in total. The van der Waals surface area contributed by atoms with E-state index in [1.165, 1.54) is 0 Å². The van der Waals surface area contributed by atoms with E-state index in [1.807, 2.05) is 19.3 Å². The highest BCUT2D eigenvalue weighted by Gasteiger charge is 1.97. The molecule has 0 atom stereocenters. The van der Waals surface area contributed by atoms with Crippen LogP contribution in [0.1, 0.15) is 0 Å². The van der Waals surface area contributed by atoms with Gasteiger partial charge in [0.1, 0.15) is 0 Å². The molecule has 0 spiro atoms. The molecule has 2 rings (SSSR count). The number of aryl methyl sites for hydroxylation is 1. The summed E-state index contributed by atoms with van der Waals surface area (Å²) in [7, 11) is 1.86. The van der Waals surface area contributed by atoms with Crippen molar-refractivity contribution in [1.29, 1.82) is 0 Å². The highest BCUT2D eigenvalue weighted by Crippen LogP contribution is 2.11. The molecule has 0 radical (unpaired) electrons. The van der Waals surface area contributed by atoms with E-state index in [-0.39, 0.29) is 0 Å². The second-order valence-corrected chi connectivity index (χ2v) is 2.48. The van der Waals surface area contributed by atoms with E-state index in [0.717, 1.165) is 11.0 Å². The Hall–Kier alpha value is -1.58. The summed E-state index contributed by atoms with van der Waals surface area (Å²) in [5, 5.41) is 5.08. The summed E-state index contributed by atoms with van der Waals surface area (Å²) in [4.78, 5) is 4.04. The molecule has 0 aromatic carbocycles. The minimum atomic E-state index is 0.672. The molecule has 0 aliphatic rings. The number of nitrogens with zero attached hydrogens (tertiary/aromatic N) is 3. The molecule has 0 unspecified atom stereocenters. The van der Waals surface area contributed by atoms with Crippen LogP contribution in [0, 0.1) is 0 Å². The van der Waals surface area contributed by atoms with Crippen LogP contribution >= 0.6 is 0 Å². The lowest BCUT2D eigenvalue weighted by molar-refractivity contribution is 0.776. The van der Waals surface area contributed by atoms with Gasteiger partial charge in [-0.1, -0.05) is 0 Å². The largest absolute Gasteiger partial charge is 0.397 e. The van der Waals surface area contributed by atoms with E-state index in [4.69, 9.17) is 5.73 Å². The maximum absolute atomic E-state index is 5.53. The third-order valence-electron chi connectivity index (χ3n) is 1.49. The third-order valence-corrected chi connectivity index (χ3v) is 1.49. The molecule has 2 heterocycles. The summed E-state index contributed by atoms with van der Waals surface area (Å²) in [6.07, 6.45) is 3.49. The van der Waals surface area contributed by atoms with E-state index >= 15 is 0 Å². The van der Waals surface area contributed by atoms with Crippen molar-refractivity contribution in [3.05, 3.63) is 18.5 Å². The van der Waals surface area contributed by atoms with Gasteiger partial charge in [-0.2, -0.15) is 5.10 Å². The Balaban J connectivity index is 2.82.